The third kappa shape index (κ3) is 3.17. The van der Waals surface area contributed by atoms with E-state index >= 15 is 0 Å². The molecule has 0 saturated carbocycles. The van der Waals surface area contributed by atoms with Gasteiger partial charge in [-0.1, -0.05) is 50.8 Å². The van der Waals surface area contributed by atoms with Gasteiger partial charge in [-0.2, -0.15) is 0 Å². The third-order valence-corrected chi connectivity index (χ3v) is 4.74. The third-order valence-electron chi connectivity index (χ3n) is 4.74. The van der Waals surface area contributed by atoms with Gasteiger partial charge in [-0.15, -0.1) is 0 Å². The van der Waals surface area contributed by atoms with Gasteiger partial charge in [-0.05, 0) is 30.7 Å². The molecule has 0 atom stereocenters. The minimum atomic E-state index is 0.274. The zero-order chi connectivity index (χ0) is 16.2. The zero-order valence-electron chi connectivity index (χ0n) is 14.1. The topological polar surface area (TPSA) is 22.0 Å². The van der Waals surface area contributed by atoms with Crippen molar-refractivity contribution in [1.29, 1.82) is 0 Å². The number of unbranched alkanes of at least 4 members (excludes halogenated alkanes) is 4. The number of rotatable bonds is 7. The fraction of sp³-hybridized carbons (Fsp3) is 0.381. The van der Waals surface area contributed by atoms with Gasteiger partial charge in [0.05, 0.1) is 0 Å². The number of carbonyl (C=O) groups excluding carboxylic acids is 1. The van der Waals surface area contributed by atoms with Crippen LogP contribution in [0.5, 0.6) is 0 Å². The molecule has 0 aliphatic rings. The molecular weight excluding hydrogens is 282 g/mol. The second kappa shape index (κ2) is 6.99. The highest BCUT2D eigenvalue weighted by molar-refractivity contribution is 6.10. The van der Waals surface area contributed by atoms with E-state index in [4.69, 9.17) is 0 Å². The smallest absolute Gasteiger partial charge is 0.162 e. The van der Waals surface area contributed by atoms with E-state index in [1.54, 1.807) is 0 Å². The number of nitrogens with zero attached hydrogens (tertiary/aromatic N) is 1. The summed E-state index contributed by atoms with van der Waals surface area (Å²) >= 11 is 0. The predicted octanol–water partition coefficient (Wildman–Crippen LogP) is 5.87. The lowest BCUT2D eigenvalue weighted by Crippen LogP contribution is -1.99. The second-order valence-corrected chi connectivity index (χ2v) is 6.40. The van der Waals surface area contributed by atoms with Crippen LogP contribution in [0.25, 0.3) is 21.8 Å². The van der Waals surface area contributed by atoms with Gasteiger partial charge in [0.2, 0.25) is 0 Å². The monoisotopic (exact) mass is 307 g/mol. The van der Waals surface area contributed by atoms with E-state index in [1.165, 1.54) is 41.1 Å². The summed E-state index contributed by atoms with van der Waals surface area (Å²) in [4.78, 5) is 12.5. The van der Waals surface area contributed by atoms with Crippen LogP contribution in [0.1, 0.15) is 55.8 Å². The van der Waals surface area contributed by atoms with E-state index in [9.17, 15) is 4.79 Å². The zero-order valence-corrected chi connectivity index (χ0v) is 14.1. The summed E-state index contributed by atoms with van der Waals surface area (Å²) in [7, 11) is 2.08. The van der Waals surface area contributed by atoms with E-state index in [0.717, 1.165) is 18.4 Å². The van der Waals surface area contributed by atoms with Crippen molar-refractivity contribution in [1.82, 2.24) is 4.57 Å². The molecule has 0 amide bonds. The number of aromatic nitrogens is 1. The van der Waals surface area contributed by atoms with Crippen LogP contribution in [-0.4, -0.2) is 10.4 Å². The van der Waals surface area contributed by atoms with Crippen molar-refractivity contribution in [2.75, 3.05) is 0 Å². The molecule has 0 bridgehead atoms. The number of fused-ring (bicyclic) bond motifs is 3. The highest BCUT2D eigenvalue weighted by atomic mass is 16.1. The molecular formula is C21H25NO. The molecule has 2 aromatic carbocycles. The maximum atomic E-state index is 12.5. The molecule has 0 spiro atoms. The Balaban J connectivity index is 1.82. The molecule has 0 fully saturated rings. The van der Waals surface area contributed by atoms with Crippen LogP contribution in [0.15, 0.2) is 42.5 Å². The molecule has 0 radical (unpaired) electrons. The summed E-state index contributed by atoms with van der Waals surface area (Å²) in [5, 5.41) is 2.41. The molecule has 1 heterocycles. The average molecular weight is 307 g/mol. The Labute approximate surface area is 138 Å². The van der Waals surface area contributed by atoms with Crippen molar-refractivity contribution in [3.63, 3.8) is 0 Å². The van der Waals surface area contributed by atoms with Gasteiger partial charge in [-0.25, -0.2) is 0 Å². The highest BCUT2D eigenvalue weighted by Crippen LogP contribution is 2.29. The maximum Gasteiger partial charge on any atom is 0.162 e. The van der Waals surface area contributed by atoms with Crippen LogP contribution in [0.3, 0.4) is 0 Å². The molecule has 2 nitrogen and oxygen atoms in total. The van der Waals surface area contributed by atoms with Gasteiger partial charge in [0.25, 0.3) is 0 Å². The summed E-state index contributed by atoms with van der Waals surface area (Å²) in [5.74, 6) is 0.274. The van der Waals surface area contributed by atoms with Crippen molar-refractivity contribution in [3.05, 3.63) is 48.0 Å². The molecule has 3 aromatic rings. The van der Waals surface area contributed by atoms with Crippen molar-refractivity contribution >= 4 is 27.6 Å². The summed E-state index contributed by atoms with van der Waals surface area (Å²) in [6, 6.07) is 14.5. The molecule has 120 valence electrons. The van der Waals surface area contributed by atoms with E-state index in [0.29, 0.717) is 6.42 Å². The predicted molar refractivity (Wildman–Crippen MR) is 98.1 cm³/mol. The Bertz CT molecular complexity index is 828. The number of hydrogen-bond acceptors (Lipinski definition) is 1. The number of ketones is 1. The second-order valence-electron chi connectivity index (χ2n) is 6.40. The molecule has 0 unspecified atom stereocenters. The molecule has 0 N–H and O–H groups in total. The molecule has 0 saturated heterocycles. The quantitative estimate of drug-likeness (QED) is 0.395. The van der Waals surface area contributed by atoms with Crippen LogP contribution >= 0.6 is 0 Å². The van der Waals surface area contributed by atoms with Gasteiger partial charge in [0.15, 0.2) is 5.78 Å². The van der Waals surface area contributed by atoms with Crippen molar-refractivity contribution in [2.45, 2.75) is 45.4 Å². The number of para-hydroxylation sites is 1. The van der Waals surface area contributed by atoms with Crippen molar-refractivity contribution in [2.24, 2.45) is 7.05 Å². The normalized spacial score (nSPS) is 11.4. The molecule has 3 rings (SSSR count). The fourth-order valence-electron chi connectivity index (χ4n) is 3.37. The number of Topliss-reactive ketones (excluding diaryl/α,β-unsaturated/α-hetero) is 1. The Morgan fingerprint density at radius 2 is 1.65 bits per heavy atom. The first-order chi connectivity index (χ1) is 11.2. The molecule has 0 aliphatic carbocycles. The summed E-state index contributed by atoms with van der Waals surface area (Å²) in [6.45, 7) is 2.21. The molecule has 2 heteroatoms. The molecule has 23 heavy (non-hydrogen) atoms. The Kier molecular flexibility index (Phi) is 4.80. The van der Waals surface area contributed by atoms with Crippen LogP contribution in [-0.2, 0) is 7.05 Å². The van der Waals surface area contributed by atoms with Crippen molar-refractivity contribution in [3.8, 4) is 0 Å². The minimum absolute atomic E-state index is 0.274. The maximum absolute atomic E-state index is 12.5. The van der Waals surface area contributed by atoms with Gasteiger partial charge in [0.1, 0.15) is 0 Å². The number of benzene rings is 2. The van der Waals surface area contributed by atoms with E-state index < -0.39 is 0 Å². The van der Waals surface area contributed by atoms with Crippen LogP contribution < -0.4 is 0 Å². The van der Waals surface area contributed by atoms with E-state index in [-0.39, 0.29) is 5.78 Å². The number of aryl methyl sites for hydroxylation is 1. The molecule has 1 aromatic heterocycles. The first-order valence-electron chi connectivity index (χ1n) is 8.72. The van der Waals surface area contributed by atoms with Gasteiger partial charge < -0.3 is 4.57 Å². The van der Waals surface area contributed by atoms with Gasteiger partial charge in [-0.3, -0.25) is 4.79 Å². The summed E-state index contributed by atoms with van der Waals surface area (Å²) < 4.78 is 2.20. The van der Waals surface area contributed by atoms with Crippen molar-refractivity contribution < 1.29 is 4.79 Å². The van der Waals surface area contributed by atoms with Crippen LogP contribution in [0, 0.1) is 0 Å². The van der Waals surface area contributed by atoms with Crippen LogP contribution in [0.4, 0.5) is 0 Å². The van der Waals surface area contributed by atoms with Gasteiger partial charge in [0, 0.05) is 40.8 Å². The Hall–Kier alpha value is -2.09. The summed E-state index contributed by atoms with van der Waals surface area (Å²) in [5.41, 5.74) is 3.25. The Morgan fingerprint density at radius 3 is 2.48 bits per heavy atom. The van der Waals surface area contributed by atoms with E-state index in [2.05, 4.69) is 54.9 Å². The minimum Gasteiger partial charge on any atom is -0.344 e. The highest BCUT2D eigenvalue weighted by Gasteiger charge is 2.11. The van der Waals surface area contributed by atoms with Crippen LogP contribution in [0.2, 0.25) is 0 Å². The Morgan fingerprint density at radius 1 is 0.913 bits per heavy atom. The first-order valence-corrected chi connectivity index (χ1v) is 8.72. The lowest BCUT2D eigenvalue weighted by atomic mass is 10.0. The van der Waals surface area contributed by atoms with E-state index in [1.807, 2.05) is 6.07 Å². The number of carbonyl (C=O) groups is 1. The lowest BCUT2D eigenvalue weighted by molar-refractivity contribution is 0.0979. The van der Waals surface area contributed by atoms with Gasteiger partial charge >= 0.3 is 0 Å². The fourth-order valence-corrected chi connectivity index (χ4v) is 3.37. The average Bonchev–Trinajstić information content (AvgIpc) is 2.87. The first kappa shape index (κ1) is 15.8. The lowest BCUT2D eigenvalue weighted by Gasteiger charge is -2.03. The summed E-state index contributed by atoms with van der Waals surface area (Å²) in [6.07, 6.45) is 6.59. The largest absolute Gasteiger partial charge is 0.344 e. The number of hydrogen-bond donors (Lipinski definition) is 0. The SMILES string of the molecule is CCCCCCCC(=O)c1ccc2c(c1)c1ccccc1n2C. The standard InChI is InChI=1S/C21H25NO/c1-3-4-5-6-7-12-21(23)16-13-14-20-18(15-16)17-10-8-9-11-19(17)22(20)2/h8-11,13-15H,3-7,12H2,1-2H3. The molecule has 0 aliphatic heterocycles.